The van der Waals surface area contributed by atoms with Crippen LogP contribution in [-0.2, 0) is 17.9 Å². The van der Waals surface area contributed by atoms with Gasteiger partial charge in [-0.1, -0.05) is 0 Å². The fourth-order valence-corrected chi connectivity index (χ4v) is 4.07. The lowest BCUT2D eigenvalue weighted by Gasteiger charge is -2.36. The molecule has 0 spiro atoms. The van der Waals surface area contributed by atoms with Crippen molar-refractivity contribution in [2.45, 2.75) is 45.3 Å². The van der Waals surface area contributed by atoms with Crippen LogP contribution in [0.15, 0.2) is 19.0 Å². The lowest BCUT2D eigenvalue weighted by atomic mass is 9.94. The van der Waals surface area contributed by atoms with Gasteiger partial charge in [0, 0.05) is 44.3 Å². The highest BCUT2D eigenvalue weighted by Gasteiger charge is 2.37. The van der Waals surface area contributed by atoms with Crippen molar-refractivity contribution < 1.29 is 4.79 Å². The third-order valence-electron chi connectivity index (χ3n) is 5.44. The summed E-state index contributed by atoms with van der Waals surface area (Å²) in [6, 6.07) is 0.321. The van der Waals surface area contributed by atoms with E-state index in [2.05, 4.69) is 36.8 Å². The monoisotopic (exact) mass is 343 g/mol. The first-order valence-corrected chi connectivity index (χ1v) is 9.02. The van der Waals surface area contributed by atoms with Crippen LogP contribution < -0.4 is 0 Å². The van der Waals surface area contributed by atoms with Crippen LogP contribution in [0.4, 0.5) is 0 Å². The fourth-order valence-electron chi connectivity index (χ4n) is 4.07. The number of carbonyl (C=O) groups excluding carboxylic acids is 1. The smallest absolute Gasteiger partial charge is 0.224 e. The average molecular weight is 343 g/mol. The molecule has 0 aliphatic carbocycles. The Bertz CT molecular complexity index is 710. The van der Waals surface area contributed by atoms with E-state index < -0.39 is 0 Å². The van der Waals surface area contributed by atoms with E-state index in [9.17, 15) is 4.79 Å². The summed E-state index contributed by atoms with van der Waals surface area (Å²) >= 11 is 0. The zero-order chi connectivity index (χ0) is 17.2. The van der Waals surface area contributed by atoms with Crippen molar-refractivity contribution in [1.29, 1.82) is 0 Å². The van der Waals surface area contributed by atoms with Crippen LogP contribution in [0.2, 0.25) is 0 Å². The second kappa shape index (κ2) is 6.95. The SMILES string of the molecule is Cc1[nH]cnc1CN1C[C@H]2CC[C@@H](C1)N(C(=O)CCn1cncn1)C2. The van der Waals surface area contributed by atoms with E-state index in [1.807, 2.05) is 0 Å². The molecule has 2 atom stereocenters. The molecule has 5 rings (SSSR count). The second-order valence-corrected chi connectivity index (χ2v) is 7.22. The minimum absolute atomic E-state index is 0.239. The topological polar surface area (TPSA) is 82.9 Å². The predicted molar refractivity (Wildman–Crippen MR) is 91.5 cm³/mol. The Labute approximate surface area is 147 Å². The molecule has 2 aromatic rings. The number of nitrogens with zero attached hydrogens (tertiary/aromatic N) is 6. The molecule has 3 aliphatic rings. The fraction of sp³-hybridized carbons (Fsp3) is 0.647. The number of fused-ring (bicyclic) bond motifs is 4. The molecule has 3 aliphatic heterocycles. The summed E-state index contributed by atoms with van der Waals surface area (Å²) in [5, 5.41) is 4.08. The summed E-state index contributed by atoms with van der Waals surface area (Å²) in [6.45, 7) is 6.41. The quantitative estimate of drug-likeness (QED) is 0.869. The van der Waals surface area contributed by atoms with Crippen LogP contribution in [0.1, 0.15) is 30.7 Å². The lowest BCUT2D eigenvalue weighted by Crippen LogP contribution is -2.47. The molecule has 0 unspecified atom stereocenters. The second-order valence-electron chi connectivity index (χ2n) is 7.22. The number of aromatic nitrogens is 5. The zero-order valence-electron chi connectivity index (χ0n) is 14.6. The van der Waals surface area contributed by atoms with E-state index in [4.69, 9.17) is 0 Å². The summed E-state index contributed by atoms with van der Waals surface area (Å²) in [7, 11) is 0. The number of piperidine rings is 1. The van der Waals surface area contributed by atoms with Crippen LogP contribution in [0, 0.1) is 12.8 Å². The highest BCUT2D eigenvalue weighted by atomic mass is 16.2. The molecule has 1 amide bonds. The van der Waals surface area contributed by atoms with Gasteiger partial charge in [-0.2, -0.15) is 5.10 Å². The van der Waals surface area contributed by atoms with Crippen molar-refractivity contribution >= 4 is 5.91 Å². The minimum Gasteiger partial charge on any atom is -0.348 e. The number of aromatic amines is 1. The van der Waals surface area contributed by atoms with Gasteiger partial charge in [0.1, 0.15) is 12.7 Å². The average Bonchev–Trinajstić information content (AvgIpc) is 3.18. The standard InChI is InChI=1S/C17H25N7O/c1-13-16(20-11-19-13)9-22-6-14-2-3-15(8-22)24(7-14)17(25)4-5-23-12-18-10-21-23/h10-12,14-15H,2-9H2,1H3,(H,19,20)/t14-,15+/m1/s1. The summed E-state index contributed by atoms with van der Waals surface area (Å²) in [4.78, 5) is 28.8. The number of hydrogen-bond acceptors (Lipinski definition) is 5. The maximum atomic E-state index is 12.7. The van der Waals surface area contributed by atoms with E-state index in [0.29, 0.717) is 24.9 Å². The van der Waals surface area contributed by atoms with Gasteiger partial charge in [0.25, 0.3) is 0 Å². The Morgan fingerprint density at radius 2 is 2.24 bits per heavy atom. The molecule has 2 bridgehead atoms. The Morgan fingerprint density at radius 1 is 1.32 bits per heavy atom. The number of nitrogens with one attached hydrogen (secondary N) is 1. The molecule has 3 saturated heterocycles. The molecule has 1 N–H and O–H groups in total. The van der Waals surface area contributed by atoms with Crippen molar-refractivity contribution in [3.8, 4) is 0 Å². The molecular weight excluding hydrogens is 318 g/mol. The maximum Gasteiger partial charge on any atom is 0.224 e. The van der Waals surface area contributed by atoms with Gasteiger partial charge in [-0.25, -0.2) is 9.97 Å². The molecule has 25 heavy (non-hydrogen) atoms. The first kappa shape index (κ1) is 16.3. The van der Waals surface area contributed by atoms with Crippen molar-refractivity contribution in [1.82, 2.24) is 34.5 Å². The van der Waals surface area contributed by atoms with Crippen molar-refractivity contribution in [2.24, 2.45) is 5.92 Å². The molecule has 5 heterocycles. The van der Waals surface area contributed by atoms with Crippen molar-refractivity contribution in [3.05, 3.63) is 30.4 Å². The maximum absolute atomic E-state index is 12.7. The molecule has 3 fully saturated rings. The van der Waals surface area contributed by atoms with E-state index in [1.54, 1.807) is 17.3 Å². The number of rotatable bonds is 5. The van der Waals surface area contributed by atoms with Crippen molar-refractivity contribution in [2.75, 3.05) is 19.6 Å². The summed E-state index contributed by atoms with van der Waals surface area (Å²) in [5.41, 5.74) is 2.25. The largest absolute Gasteiger partial charge is 0.348 e. The third-order valence-corrected chi connectivity index (χ3v) is 5.44. The molecule has 8 nitrogen and oxygen atoms in total. The number of H-pyrrole nitrogens is 1. The van der Waals surface area contributed by atoms with E-state index in [1.165, 1.54) is 12.7 Å². The van der Waals surface area contributed by atoms with Gasteiger partial charge in [-0.3, -0.25) is 14.4 Å². The zero-order valence-corrected chi connectivity index (χ0v) is 14.6. The van der Waals surface area contributed by atoms with E-state index >= 15 is 0 Å². The number of hydrogen-bond donors (Lipinski definition) is 1. The van der Waals surface area contributed by atoms with Gasteiger partial charge in [-0.05, 0) is 25.7 Å². The molecule has 0 saturated carbocycles. The van der Waals surface area contributed by atoms with Gasteiger partial charge in [0.2, 0.25) is 5.91 Å². The normalized spacial score (nSPS) is 23.8. The molecule has 0 radical (unpaired) electrons. The van der Waals surface area contributed by atoms with E-state index in [-0.39, 0.29) is 5.91 Å². The lowest BCUT2D eigenvalue weighted by molar-refractivity contribution is -0.135. The number of imidazole rings is 1. The molecule has 0 aromatic carbocycles. The van der Waals surface area contributed by atoms with Gasteiger partial charge in [0.15, 0.2) is 0 Å². The highest BCUT2D eigenvalue weighted by molar-refractivity contribution is 5.76. The Hall–Kier alpha value is -2.22. The summed E-state index contributed by atoms with van der Waals surface area (Å²) < 4.78 is 1.72. The first-order valence-electron chi connectivity index (χ1n) is 9.02. The Balaban J connectivity index is 1.39. The minimum atomic E-state index is 0.239. The van der Waals surface area contributed by atoms with Gasteiger partial charge >= 0.3 is 0 Å². The number of amides is 1. The first-order chi connectivity index (χ1) is 12.2. The third kappa shape index (κ3) is 3.58. The molecule has 134 valence electrons. The van der Waals surface area contributed by atoms with Crippen LogP contribution in [0.3, 0.4) is 0 Å². The Kier molecular flexibility index (Phi) is 4.52. The van der Waals surface area contributed by atoms with Crippen LogP contribution in [-0.4, -0.2) is 66.1 Å². The van der Waals surface area contributed by atoms with E-state index in [0.717, 1.165) is 44.0 Å². The molecule has 2 aromatic heterocycles. The van der Waals surface area contributed by atoms with Crippen molar-refractivity contribution in [3.63, 3.8) is 0 Å². The van der Waals surface area contributed by atoms with Gasteiger partial charge in [0.05, 0.1) is 18.6 Å². The number of carbonyl (C=O) groups is 1. The Morgan fingerprint density at radius 3 is 3.00 bits per heavy atom. The molecular formula is C17H25N7O. The number of aryl methyl sites for hydroxylation is 2. The van der Waals surface area contributed by atoms with Crippen LogP contribution in [0.5, 0.6) is 0 Å². The van der Waals surface area contributed by atoms with Gasteiger partial charge in [-0.15, -0.1) is 0 Å². The van der Waals surface area contributed by atoms with Crippen LogP contribution in [0.25, 0.3) is 0 Å². The summed E-state index contributed by atoms with van der Waals surface area (Å²) in [6.07, 6.45) is 7.74. The van der Waals surface area contributed by atoms with Gasteiger partial charge < -0.3 is 9.88 Å². The summed E-state index contributed by atoms with van der Waals surface area (Å²) in [5.74, 6) is 0.802. The van der Waals surface area contributed by atoms with Crippen LogP contribution >= 0.6 is 0 Å². The molecule has 8 heteroatoms. The predicted octanol–water partition coefficient (Wildman–Crippen LogP) is 0.823. The highest BCUT2D eigenvalue weighted by Crippen LogP contribution is 2.29.